The van der Waals surface area contributed by atoms with Crippen molar-refractivity contribution in [1.82, 2.24) is 10.9 Å². The van der Waals surface area contributed by atoms with Crippen LogP contribution in [0.1, 0.15) is 47.7 Å². The number of amides is 2. The van der Waals surface area contributed by atoms with Crippen molar-refractivity contribution >= 4 is 27.7 Å². The molecule has 6 heteroatoms. The number of rotatable bonds is 8. The molecule has 0 radical (unpaired) electrons. The van der Waals surface area contributed by atoms with E-state index < -0.39 is 11.8 Å². The molecule has 0 fully saturated rings. The predicted molar refractivity (Wildman–Crippen MR) is 129 cm³/mol. The van der Waals surface area contributed by atoms with Crippen LogP contribution in [0.25, 0.3) is 0 Å². The zero-order chi connectivity index (χ0) is 22.9. The van der Waals surface area contributed by atoms with Crippen LogP contribution in [0.15, 0.2) is 83.3 Å². The molecule has 0 aliphatic carbocycles. The van der Waals surface area contributed by atoms with Crippen LogP contribution in [-0.2, 0) is 4.79 Å². The van der Waals surface area contributed by atoms with Crippen molar-refractivity contribution in [2.75, 3.05) is 6.61 Å². The average molecular weight is 495 g/mol. The van der Waals surface area contributed by atoms with E-state index in [0.29, 0.717) is 23.8 Å². The quantitative estimate of drug-likeness (QED) is 0.408. The third kappa shape index (κ3) is 6.44. The average Bonchev–Trinajstić information content (AvgIpc) is 2.80. The van der Waals surface area contributed by atoms with Gasteiger partial charge in [-0.25, -0.2) is 0 Å². The molecule has 2 N–H and O–H groups in total. The minimum Gasteiger partial charge on any atom is -0.493 e. The maximum atomic E-state index is 13.1. The lowest BCUT2D eigenvalue weighted by Gasteiger charge is -2.19. The maximum absolute atomic E-state index is 13.1. The SMILES string of the molecule is CC(C)CCOc1ccc(Br)cc1C(=O)NNC(=O)C(c1ccccc1)c1ccccc1. The topological polar surface area (TPSA) is 67.4 Å². The molecule has 0 saturated heterocycles. The van der Waals surface area contributed by atoms with Gasteiger partial charge in [0.15, 0.2) is 0 Å². The summed E-state index contributed by atoms with van der Waals surface area (Å²) >= 11 is 3.40. The van der Waals surface area contributed by atoms with Gasteiger partial charge in [0.2, 0.25) is 5.91 Å². The third-order valence-electron chi connectivity index (χ3n) is 4.97. The molecule has 5 nitrogen and oxygen atoms in total. The van der Waals surface area contributed by atoms with E-state index in [1.54, 1.807) is 12.1 Å². The summed E-state index contributed by atoms with van der Waals surface area (Å²) in [4.78, 5) is 26.0. The Hall–Kier alpha value is -3.12. The van der Waals surface area contributed by atoms with Crippen LogP contribution in [0.2, 0.25) is 0 Å². The Morgan fingerprint density at radius 1 is 0.875 bits per heavy atom. The first-order valence-corrected chi connectivity index (χ1v) is 11.4. The van der Waals surface area contributed by atoms with E-state index in [9.17, 15) is 9.59 Å². The summed E-state index contributed by atoms with van der Waals surface area (Å²) < 4.78 is 6.57. The van der Waals surface area contributed by atoms with Crippen molar-refractivity contribution in [3.05, 3.63) is 100 Å². The number of benzene rings is 3. The van der Waals surface area contributed by atoms with E-state index in [1.807, 2.05) is 66.7 Å². The van der Waals surface area contributed by atoms with Gasteiger partial charge in [0.25, 0.3) is 5.91 Å². The second kappa shape index (κ2) is 11.5. The fourth-order valence-electron chi connectivity index (χ4n) is 3.25. The molecule has 32 heavy (non-hydrogen) atoms. The zero-order valence-corrected chi connectivity index (χ0v) is 19.8. The van der Waals surface area contributed by atoms with Gasteiger partial charge < -0.3 is 4.74 Å². The fourth-order valence-corrected chi connectivity index (χ4v) is 3.62. The highest BCUT2D eigenvalue weighted by Crippen LogP contribution is 2.25. The van der Waals surface area contributed by atoms with Crippen LogP contribution in [0.4, 0.5) is 0 Å². The molecule has 0 atom stereocenters. The lowest BCUT2D eigenvalue weighted by atomic mass is 9.91. The summed E-state index contributed by atoms with van der Waals surface area (Å²) in [6.07, 6.45) is 0.879. The van der Waals surface area contributed by atoms with Crippen LogP contribution < -0.4 is 15.6 Å². The summed E-state index contributed by atoms with van der Waals surface area (Å²) in [5.74, 6) is -0.354. The Morgan fingerprint density at radius 3 is 2.03 bits per heavy atom. The second-order valence-corrected chi connectivity index (χ2v) is 8.78. The van der Waals surface area contributed by atoms with Gasteiger partial charge in [-0.2, -0.15) is 0 Å². The summed E-state index contributed by atoms with van der Waals surface area (Å²) in [6, 6.07) is 24.2. The standard InChI is InChI=1S/C26H27BrN2O3/c1-18(2)15-16-32-23-14-13-21(27)17-22(23)25(30)28-29-26(31)24(19-9-5-3-6-10-19)20-11-7-4-8-12-20/h3-14,17-18,24H,15-16H2,1-2H3,(H,28,30)(H,29,31). The first kappa shape index (κ1) is 23.5. The Bertz CT molecular complexity index is 1000. The van der Waals surface area contributed by atoms with E-state index >= 15 is 0 Å². The third-order valence-corrected chi connectivity index (χ3v) is 5.46. The Balaban J connectivity index is 1.74. The molecule has 3 rings (SSSR count). The highest BCUT2D eigenvalue weighted by Gasteiger charge is 2.23. The minimum absolute atomic E-state index is 0.326. The van der Waals surface area contributed by atoms with Gasteiger partial charge in [0.05, 0.1) is 18.1 Å². The van der Waals surface area contributed by atoms with E-state index in [4.69, 9.17) is 4.74 Å². The van der Waals surface area contributed by atoms with Gasteiger partial charge in [0.1, 0.15) is 5.75 Å². The molecule has 3 aromatic rings. The van der Waals surface area contributed by atoms with Crippen molar-refractivity contribution in [2.24, 2.45) is 5.92 Å². The molecule has 0 spiro atoms. The minimum atomic E-state index is -0.554. The van der Waals surface area contributed by atoms with Crippen LogP contribution in [0.5, 0.6) is 5.75 Å². The van der Waals surface area contributed by atoms with E-state index in [-0.39, 0.29) is 5.91 Å². The molecular formula is C26H27BrN2O3. The molecule has 0 saturated carbocycles. The maximum Gasteiger partial charge on any atom is 0.273 e. The fraction of sp³-hybridized carbons (Fsp3) is 0.231. The number of hydrogen-bond acceptors (Lipinski definition) is 3. The number of ether oxygens (including phenoxy) is 1. The highest BCUT2D eigenvalue weighted by atomic mass is 79.9. The molecule has 0 unspecified atom stereocenters. The van der Waals surface area contributed by atoms with E-state index in [1.165, 1.54) is 0 Å². The van der Waals surface area contributed by atoms with Crippen molar-refractivity contribution in [1.29, 1.82) is 0 Å². The van der Waals surface area contributed by atoms with Gasteiger partial charge in [-0.3, -0.25) is 20.4 Å². The Labute approximate surface area is 197 Å². The predicted octanol–water partition coefficient (Wildman–Crippen LogP) is 5.47. The van der Waals surface area contributed by atoms with Crippen molar-refractivity contribution in [2.45, 2.75) is 26.2 Å². The second-order valence-electron chi connectivity index (χ2n) is 7.87. The lowest BCUT2D eigenvalue weighted by Crippen LogP contribution is -2.44. The van der Waals surface area contributed by atoms with Gasteiger partial charge in [-0.1, -0.05) is 90.4 Å². The highest BCUT2D eigenvalue weighted by molar-refractivity contribution is 9.10. The van der Waals surface area contributed by atoms with Gasteiger partial charge >= 0.3 is 0 Å². The number of halogens is 1. The number of carbonyl (C=O) groups excluding carboxylic acids is 2. The molecular weight excluding hydrogens is 468 g/mol. The van der Waals surface area contributed by atoms with Crippen LogP contribution >= 0.6 is 15.9 Å². The molecule has 3 aromatic carbocycles. The Kier molecular flexibility index (Phi) is 8.45. The van der Waals surface area contributed by atoms with Gasteiger partial charge in [-0.15, -0.1) is 0 Å². The monoisotopic (exact) mass is 494 g/mol. The first-order valence-electron chi connectivity index (χ1n) is 10.6. The Morgan fingerprint density at radius 2 is 1.47 bits per heavy atom. The lowest BCUT2D eigenvalue weighted by molar-refractivity contribution is -0.122. The van der Waals surface area contributed by atoms with Crippen LogP contribution in [0, 0.1) is 5.92 Å². The summed E-state index contributed by atoms with van der Waals surface area (Å²) in [5.41, 5.74) is 7.16. The van der Waals surface area contributed by atoms with Crippen LogP contribution in [0.3, 0.4) is 0 Å². The molecule has 0 aliphatic heterocycles. The summed E-state index contributed by atoms with van der Waals surface area (Å²) in [5, 5.41) is 0. The molecule has 0 aliphatic rings. The normalized spacial score (nSPS) is 10.8. The van der Waals surface area contributed by atoms with E-state index in [0.717, 1.165) is 22.0 Å². The number of nitrogens with one attached hydrogen (secondary N) is 2. The molecule has 166 valence electrons. The largest absolute Gasteiger partial charge is 0.493 e. The number of carbonyl (C=O) groups is 2. The summed E-state index contributed by atoms with van der Waals surface area (Å²) in [7, 11) is 0. The molecule has 0 bridgehead atoms. The zero-order valence-electron chi connectivity index (χ0n) is 18.2. The van der Waals surface area contributed by atoms with Gasteiger partial charge in [0, 0.05) is 4.47 Å². The molecule has 2 amide bonds. The molecule has 0 aromatic heterocycles. The molecule has 0 heterocycles. The van der Waals surface area contributed by atoms with Crippen molar-refractivity contribution < 1.29 is 14.3 Å². The summed E-state index contributed by atoms with van der Waals surface area (Å²) in [6.45, 7) is 4.74. The van der Waals surface area contributed by atoms with Gasteiger partial charge in [-0.05, 0) is 41.7 Å². The number of hydrazine groups is 1. The van der Waals surface area contributed by atoms with Crippen molar-refractivity contribution in [3.63, 3.8) is 0 Å². The first-order chi connectivity index (χ1) is 15.5. The van der Waals surface area contributed by atoms with E-state index in [2.05, 4.69) is 40.6 Å². The number of hydrogen-bond donors (Lipinski definition) is 2. The van der Waals surface area contributed by atoms with Crippen molar-refractivity contribution in [3.8, 4) is 5.75 Å². The smallest absolute Gasteiger partial charge is 0.273 e. The van der Waals surface area contributed by atoms with Crippen LogP contribution in [-0.4, -0.2) is 18.4 Å².